The van der Waals surface area contributed by atoms with E-state index >= 15 is 0 Å². The van der Waals surface area contributed by atoms with E-state index in [9.17, 15) is 19.5 Å². The number of carbonyl (C=O) groups is 3. The standard InChI is InChI=1S/C31H42N4O5/c1-30(2,3)23-15-21(16-24(27(23)38)31(4,5)6)18-33-14-8-7-9-25(29(40)34-19-26(36)37)35-28(39)22-12-10-20(17-32)11-13-22/h10-13,15-16,25,33,38H,7-9,14,18-19H2,1-6H3,(H,34,40)(H,35,39)(H,36,37)/t25-/m0/s1. The zero-order valence-electron chi connectivity index (χ0n) is 24.4. The molecule has 0 aromatic heterocycles. The number of amides is 2. The van der Waals surface area contributed by atoms with E-state index < -0.39 is 30.4 Å². The van der Waals surface area contributed by atoms with Crippen LogP contribution in [0.2, 0.25) is 0 Å². The molecule has 0 bridgehead atoms. The van der Waals surface area contributed by atoms with Gasteiger partial charge >= 0.3 is 5.97 Å². The molecule has 1 atom stereocenters. The maximum Gasteiger partial charge on any atom is 0.322 e. The topological polar surface area (TPSA) is 152 Å². The summed E-state index contributed by atoms with van der Waals surface area (Å²) in [5, 5.41) is 37.2. The number of aromatic hydroxyl groups is 1. The molecule has 0 fully saturated rings. The summed E-state index contributed by atoms with van der Waals surface area (Å²) < 4.78 is 0. The zero-order chi connectivity index (χ0) is 30.1. The Balaban J connectivity index is 1.99. The van der Waals surface area contributed by atoms with Crippen molar-refractivity contribution < 1.29 is 24.6 Å². The Bertz CT molecular complexity index is 1200. The molecule has 216 valence electrons. The first-order valence-corrected chi connectivity index (χ1v) is 13.5. The van der Waals surface area contributed by atoms with Crippen molar-refractivity contribution >= 4 is 17.8 Å². The predicted molar refractivity (Wildman–Crippen MR) is 154 cm³/mol. The average Bonchev–Trinajstić information content (AvgIpc) is 2.87. The van der Waals surface area contributed by atoms with Crippen LogP contribution in [0.15, 0.2) is 36.4 Å². The van der Waals surface area contributed by atoms with E-state index in [1.165, 1.54) is 24.3 Å². The van der Waals surface area contributed by atoms with Gasteiger partial charge in [-0.1, -0.05) is 53.7 Å². The van der Waals surface area contributed by atoms with Gasteiger partial charge in [0, 0.05) is 12.1 Å². The average molecular weight is 551 g/mol. The first-order chi connectivity index (χ1) is 18.6. The van der Waals surface area contributed by atoms with Gasteiger partial charge in [-0.25, -0.2) is 0 Å². The van der Waals surface area contributed by atoms with Gasteiger partial charge in [0.2, 0.25) is 5.91 Å². The van der Waals surface area contributed by atoms with Crippen molar-refractivity contribution in [2.45, 2.75) is 84.2 Å². The minimum atomic E-state index is -1.17. The molecule has 2 rings (SSSR count). The molecule has 2 aromatic rings. The van der Waals surface area contributed by atoms with Crippen LogP contribution in [0.25, 0.3) is 0 Å². The highest BCUT2D eigenvalue weighted by Gasteiger charge is 2.26. The molecule has 0 radical (unpaired) electrons. The third kappa shape index (κ3) is 9.69. The number of phenolic OH excluding ortho intramolecular Hbond substituents is 1. The number of phenols is 1. The van der Waals surface area contributed by atoms with E-state index in [0.717, 1.165) is 23.1 Å². The number of nitriles is 1. The van der Waals surface area contributed by atoms with Crippen LogP contribution in [0.4, 0.5) is 0 Å². The highest BCUT2D eigenvalue weighted by Crippen LogP contribution is 2.39. The Kier molecular flexibility index (Phi) is 11.3. The molecule has 0 spiro atoms. The van der Waals surface area contributed by atoms with Crippen LogP contribution in [0.1, 0.15) is 93.4 Å². The number of hydrogen-bond acceptors (Lipinski definition) is 6. The highest BCUT2D eigenvalue weighted by atomic mass is 16.4. The summed E-state index contributed by atoms with van der Waals surface area (Å²) in [5.74, 6) is -1.87. The third-order valence-corrected chi connectivity index (χ3v) is 6.52. The van der Waals surface area contributed by atoms with Gasteiger partial charge in [-0.05, 0) is 77.6 Å². The number of nitrogens with one attached hydrogen (secondary N) is 3. The normalized spacial score (nSPS) is 12.3. The van der Waals surface area contributed by atoms with Crippen molar-refractivity contribution in [3.8, 4) is 11.8 Å². The van der Waals surface area contributed by atoms with Crippen molar-refractivity contribution in [1.29, 1.82) is 5.26 Å². The van der Waals surface area contributed by atoms with Crippen molar-refractivity contribution in [2.75, 3.05) is 13.1 Å². The Morgan fingerprint density at radius 3 is 2.02 bits per heavy atom. The number of carboxylic acid groups (broad SMARTS) is 1. The molecular weight excluding hydrogens is 508 g/mol. The molecule has 0 aliphatic heterocycles. The van der Waals surface area contributed by atoms with Crippen LogP contribution in [-0.2, 0) is 27.0 Å². The van der Waals surface area contributed by atoms with Gasteiger partial charge in [0.15, 0.2) is 0 Å². The number of hydrogen-bond donors (Lipinski definition) is 5. The Morgan fingerprint density at radius 1 is 0.950 bits per heavy atom. The van der Waals surface area contributed by atoms with Gasteiger partial charge in [-0.3, -0.25) is 14.4 Å². The fourth-order valence-electron chi connectivity index (χ4n) is 4.26. The molecule has 9 nitrogen and oxygen atoms in total. The third-order valence-electron chi connectivity index (χ3n) is 6.52. The van der Waals surface area contributed by atoms with E-state index in [0.29, 0.717) is 42.8 Å². The van der Waals surface area contributed by atoms with Gasteiger partial charge in [-0.15, -0.1) is 0 Å². The summed E-state index contributed by atoms with van der Waals surface area (Å²) in [4.78, 5) is 36.2. The van der Waals surface area contributed by atoms with E-state index in [2.05, 4.69) is 57.5 Å². The van der Waals surface area contributed by atoms with Gasteiger partial charge < -0.3 is 26.2 Å². The summed E-state index contributed by atoms with van der Waals surface area (Å²) in [5.41, 5.74) is 3.19. The SMILES string of the molecule is CC(C)(C)c1cc(CNCCCC[C@H](NC(=O)c2ccc(C#N)cc2)C(=O)NCC(=O)O)cc(C(C)(C)C)c1O. The number of rotatable bonds is 12. The highest BCUT2D eigenvalue weighted by molar-refractivity contribution is 5.98. The first-order valence-electron chi connectivity index (χ1n) is 13.5. The van der Waals surface area contributed by atoms with Gasteiger partial charge in [0.05, 0.1) is 11.6 Å². The van der Waals surface area contributed by atoms with Crippen molar-refractivity contribution in [1.82, 2.24) is 16.0 Å². The minimum Gasteiger partial charge on any atom is -0.507 e. The summed E-state index contributed by atoms with van der Waals surface area (Å²) in [6.07, 6.45) is 1.67. The molecule has 2 amide bonds. The summed E-state index contributed by atoms with van der Waals surface area (Å²) in [6, 6.07) is 11.2. The van der Waals surface area contributed by atoms with Crippen LogP contribution in [0.5, 0.6) is 5.75 Å². The minimum absolute atomic E-state index is 0.210. The lowest BCUT2D eigenvalue weighted by atomic mass is 9.78. The fourth-order valence-corrected chi connectivity index (χ4v) is 4.26. The van der Waals surface area contributed by atoms with E-state index in [-0.39, 0.29) is 10.8 Å². The van der Waals surface area contributed by atoms with Crippen LogP contribution in [0, 0.1) is 11.3 Å². The van der Waals surface area contributed by atoms with Crippen LogP contribution >= 0.6 is 0 Å². The van der Waals surface area contributed by atoms with Gasteiger partial charge in [0.25, 0.3) is 5.91 Å². The number of carbonyl (C=O) groups excluding carboxylic acids is 2. The van der Waals surface area contributed by atoms with Crippen molar-refractivity contribution in [3.05, 3.63) is 64.2 Å². The largest absolute Gasteiger partial charge is 0.507 e. The predicted octanol–water partition coefficient (Wildman–Crippen LogP) is 4.12. The van der Waals surface area contributed by atoms with Crippen LogP contribution in [0.3, 0.4) is 0 Å². The van der Waals surface area contributed by atoms with Gasteiger partial charge in [0.1, 0.15) is 18.3 Å². The van der Waals surface area contributed by atoms with Crippen molar-refractivity contribution in [2.24, 2.45) is 0 Å². The van der Waals surface area contributed by atoms with Crippen LogP contribution < -0.4 is 16.0 Å². The molecular formula is C31H42N4O5. The molecule has 0 aliphatic rings. The number of nitrogens with zero attached hydrogens (tertiary/aromatic N) is 1. The lowest BCUT2D eigenvalue weighted by molar-refractivity contribution is -0.138. The monoisotopic (exact) mass is 550 g/mol. The van der Waals surface area contributed by atoms with E-state index in [1.807, 2.05) is 18.2 Å². The summed E-state index contributed by atoms with van der Waals surface area (Å²) in [6.45, 7) is 13.2. The Morgan fingerprint density at radius 2 is 1.52 bits per heavy atom. The molecule has 2 aromatic carbocycles. The molecule has 0 saturated heterocycles. The second kappa shape index (κ2) is 13.9. The van der Waals surface area contributed by atoms with Crippen molar-refractivity contribution in [3.63, 3.8) is 0 Å². The number of benzene rings is 2. The van der Waals surface area contributed by atoms with Gasteiger partial charge in [-0.2, -0.15) is 5.26 Å². The molecule has 0 heterocycles. The molecule has 40 heavy (non-hydrogen) atoms. The Hall–Kier alpha value is -3.90. The maximum absolute atomic E-state index is 12.7. The molecule has 0 saturated carbocycles. The van der Waals surface area contributed by atoms with E-state index in [4.69, 9.17) is 10.4 Å². The smallest absolute Gasteiger partial charge is 0.322 e. The summed E-state index contributed by atoms with van der Waals surface area (Å²) >= 11 is 0. The lowest BCUT2D eigenvalue weighted by Gasteiger charge is -2.28. The first kappa shape index (κ1) is 32.3. The number of unbranched alkanes of at least 4 members (excludes halogenated alkanes) is 1. The van der Waals surface area contributed by atoms with E-state index in [1.54, 1.807) is 0 Å². The Labute approximate surface area is 237 Å². The summed E-state index contributed by atoms with van der Waals surface area (Å²) in [7, 11) is 0. The molecule has 0 aliphatic carbocycles. The molecule has 9 heteroatoms. The number of aliphatic carboxylic acids is 1. The molecule has 0 unspecified atom stereocenters. The quantitative estimate of drug-likeness (QED) is 0.249. The molecule has 5 N–H and O–H groups in total. The zero-order valence-corrected chi connectivity index (χ0v) is 24.4. The maximum atomic E-state index is 12.7. The fraction of sp³-hybridized carbons (Fsp3) is 0.484. The second-order valence-corrected chi connectivity index (χ2v) is 12.0. The lowest BCUT2D eigenvalue weighted by Crippen LogP contribution is -2.47. The second-order valence-electron chi connectivity index (χ2n) is 12.0. The van der Waals surface area contributed by atoms with Crippen LogP contribution in [-0.4, -0.2) is 47.1 Å². The number of carboxylic acids is 1.